The van der Waals surface area contributed by atoms with E-state index in [1.54, 1.807) is 0 Å². The molecule has 0 aromatic carbocycles. The molecule has 0 saturated carbocycles. The first-order valence-corrected chi connectivity index (χ1v) is 21.5. The number of hydrogen-bond acceptors (Lipinski definition) is 27. The molecule has 0 spiro atoms. The van der Waals surface area contributed by atoms with Gasteiger partial charge in [-0.2, -0.15) is 8.42 Å². The SMILES string of the molecule is CC(=O)N[C@@H]1[C@@H](O[C@@H]2O[C@H](CO)[C@H](O)[C@H](O[C@@H]3O[C@H](CO)[C@H](O)[C@H](OS(=O)(=O)O)[C@H]3O)[C@H]2O[C@@H]2O[C@@H](C)[C@@H](O)[C@@H](O)[C@@H]2O)[C@@H](O)[C@@H](CO[C@@H]2O[C@H](CO)[C@@H](O)[C@H](O)[C@H]2NC(C)=O)O[C@@H]1O. The molecule has 0 unspecified atom stereocenters. The zero-order chi connectivity index (χ0) is 48.4. The van der Waals surface area contributed by atoms with Crippen molar-refractivity contribution in [3.8, 4) is 0 Å². The molecule has 16 N–H and O–H groups in total. The van der Waals surface area contributed by atoms with E-state index in [4.69, 9.17) is 42.6 Å². The van der Waals surface area contributed by atoms with Crippen molar-refractivity contribution in [1.82, 2.24) is 10.6 Å². The second kappa shape index (κ2) is 22.6. The smallest absolute Gasteiger partial charge is 0.394 e. The van der Waals surface area contributed by atoms with Crippen LogP contribution < -0.4 is 10.6 Å². The van der Waals surface area contributed by atoms with Gasteiger partial charge in [0, 0.05) is 13.8 Å². The third-order valence-electron chi connectivity index (χ3n) is 11.3. The normalized spacial score (nSPS) is 47.5. The molecule has 0 radical (unpaired) electrons. The van der Waals surface area contributed by atoms with Gasteiger partial charge in [0.2, 0.25) is 11.8 Å². The van der Waals surface area contributed by atoms with E-state index >= 15 is 0 Å². The molecule has 5 aliphatic heterocycles. The van der Waals surface area contributed by atoms with E-state index in [1.807, 2.05) is 0 Å². The van der Waals surface area contributed by atoms with E-state index in [-0.39, 0.29) is 0 Å². The molecule has 0 aliphatic carbocycles. The summed E-state index contributed by atoms with van der Waals surface area (Å²) in [6, 6.07) is -3.22. The van der Waals surface area contributed by atoms with Gasteiger partial charge in [-0.15, -0.1) is 0 Å². The Kier molecular flexibility index (Phi) is 18.7. The number of amides is 2. The van der Waals surface area contributed by atoms with Crippen LogP contribution in [0.25, 0.3) is 0 Å². The third kappa shape index (κ3) is 12.4. The third-order valence-corrected chi connectivity index (χ3v) is 11.7. The summed E-state index contributed by atoms with van der Waals surface area (Å²) < 4.78 is 88.7. The minimum Gasteiger partial charge on any atom is -0.394 e. The highest BCUT2D eigenvalue weighted by Gasteiger charge is 2.57. The Morgan fingerprint density at radius 2 is 0.985 bits per heavy atom. The van der Waals surface area contributed by atoms with E-state index < -0.39 is 202 Å². The van der Waals surface area contributed by atoms with Gasteiger partial charge in [-0.05, 0) is 6.92 Å². The van der Waals surface area contributed by atoms with Crippen LogP contribution >= 0.6 is 0 Å². The van der Waals surface area contributed by atoms with Gasteiger partial charge in [0.25, 0.3) is 0 Å². The number of aliphatic hydroxyl groups excluding tert-OH is 13. The Morgan fingerprint density at radius 3 is 1.55 bits per heavy atom. The molecular formula is C34H58N2O28S. The topological polar surface area (TPSA) is 468 Å². The predicted molar refractivity (Wildman–Crippen MR) is 199 cm³/mol. The molecule has 0 bridgehead atoms. The first-order chi connectivity index (χ1) is 30.4. The Hall–Kier alpha value is -2.07. The summed E-state index contributed by atoms with van der Waals surface area (Å²) in [5.41, 5.74) is 0. The van der Waals surface area contributed by atoms with Crippen LogP contribution in [-0.2, 0) is 66.8 Å². The van der Waals surface area contributed by atoms with Crippen LogP contribution in [0, 0.1) is 0 Å². The fourth-order valence-corrected chi connectivity index (χ4v) is 8.39. The molecule has 0 aromatic rings. The largest absolute Gasteiger partial charge is 0.397 e. The van der Waals surface area contributed by atoms with Crippen molar-refractivity contribution >= 4 is 22.2 Å². The summed E-state index contributed by atoms with van der Waals surface area (Å²) >= 11 is 0. The van der Waals surface area contributed by atoms with Crippen LogP contribution in [0.2, 0.25) is 0 Å². The standard InChI is InChI=1S/C34H58N2O28S/c1-8-17(42)23(48)24(49)32(56-8)63-29-28(62-33-25(50)27(64-65(52,53)54)19(44)12(5-38)59-33)20(45)13(6-39)60-34(29)61-26-16(36-10(3)41)30(51)57-14(21(26)46)7-55-31-15(35-9(2)40)22(47)18(43)11(4-37)58-31/h8,11-34,37-39,42-51H,4-7H2,1-3H3,(H,35,40)(H,36,41)(H,52,53,54)/t8-,11+,12+,13+,14+,15+,16+,17+,18+,19-,20-,21-,22+,23+,24-,25+,26+,27-,28-,29+,30-,31+,32-,33-,34-/m0/s1. The zero-order valence-electron chi connectivity index (χ0n) is 34.6. The molecule has 5 fully saturated rings. The van der Waals surface area contributed by atoms with E-state index in [1.165, 1.54) is 6.92 Å². The van der Waals surface area contributed by atoms with Crippen LogP contribution in [0.3, 0.4) is 0 Å². The molecule has 30 nitrogen and oxygen atoms in total. The highest BCUT2D eigenvalue weighted by molar-refractivity contribution is 7.80. The monoisotopic (exact) mass is 974 g/mol. The lowest BCUT2D eigenvalue weighted by Gasteiger charge is -2.51. The fraction of sp³-hybridized carbons (Fsp3) is 0.941. The minimum absolute atomic E-state index is 0.706. The summed E-state index contributed by atoms with van der Waals surface area (Å²) in [6.45, 7) is -0.465. The first-order valence-electron chi connectivity index (χ1n) is 20.1. The summed E-state index contributed by atoms with van der Waals surface area (Å²) in [6.07, 6.45) is -44.7. The Labute approximate surface area is 368 Å². The van der Waals surface area contributed by atoms with Crippen molar-refractivity contribution in [2.45, 2.75) is 174 Å². The lowest BCUT2D eigenvalue weighted by atomic mass is 9.94. The van der Waals surface area contributed by atoms with Gasteiger partial charge in [0.05, 0.1) is 32.5 Å². The highest BCUT2D eigenvalue weighted by Crippen LogP contribution is 2.37. The molecular weight excluding hydrogens is 916 g/mol. The summed E-state index contributed by atoms with van der Waals surface area (Å²) in [5.74, 6) is -1.54. The second-order valence-corrected chi connectivity index (χ2v) is 17.0. The molecule has 31 heteroatoms. The minimum atomic E-state index is -5.43. The maximum absolute atomic E-state index is 12.4. The van der Waals surface area contributed by atoms with Crippen LogP contribution in [0.1, 0.15) is 20.8 Å². The molecule has 5 heterocycles. The summed E-state index contributed by atoms with van der Waals surface area (Å²) in [7, 11) is -5.43. The molecule has 5 rings (SSSR count). The van der Waals surface area contributed by atoms with Gasteiger partial charge in [0.15, 0.2) is 31.5 Å². The van der Waals surface area contributed by atoms with Gasteiger partial charge >= 0.3 is 10.4 Å². The fourth-order valence-electron chi connectivity index (χ4n) is 7.89. The van der Waals surface area contributed by atoms with Crippen LogP contribution in [0.5, 0.6) is 0 Å². The van der Waals surface area contributed by atoms with Gasteiger partial charge in [-0.3, -0.25) is 14.1 Å². The lowest BCUT2D eigenvalue weighted by Crippen LogP contribution is -2.70. The Balaban J connectivity index is 1.51. The average molecular weight is 975 g/mol. The number of carbonyl (C=O) groups is 2. The Morgan fingerprint density at radius 1 is 0.508 bits per heavy atom. The summed E-state index contributed by atoms with van der Waals surface area (Å²) in [5, 5.41) is 144. The molecule has 2 amide bonds. The van der Waals surface area contributed by atoms with E-state index in [9.17, 15) is 88.9 Å². The van der Waals surface area contributed by atoms with Crippen LogP contribution in [0.4, 0.5) is 0 Å². The lowest BCUT2D eigenvalue weighted by molar-refractivity contribution is -0.400. The van der Waals surface area contributed by atoms with Gasteiger partial charge < -0.3 is 120 Å². The van der Waals surface area contributed by atoms with Crippen molar-refractivity contribution in [3.63, 3.8) is 0 Å². The predicted octanol–water partition coefficient (Wildman–Crippen LogP) is -10.8. The average Bonchev–Trinajstić information content (AvgIpc) is 3.23. The van der Waals surface area contributed by atoms with Gasteiger partial charge in [-0.1, -0.05) is 0 Å². The van der Waals surface area contributed by atoms with Gasteiger partial charge in [-0.25, -0.2) is 4.18 Å². The van der Waals surface area contributed by atoms with Crippen LogP contribution in [0.15, 0.2) is 0 Å². The Bertz CT molecular complexity index is 1670. The second-order valence-electron chi connectivity index (χ2n) is 15.9. The van der Waals surface area contributed by atoms with Crippen molar-refractivity contribution in [3.05, 3.63) is 0 Å². The molecule has 5 aliphatic rings. The number of hydrogen-bond donors (Lipinski definition) is 16. The van der Waals surface area contributed by atoms with Crippen molar-refractivity contribution in [2.24, 2.45) is 0 Å². The van der Waals surface area contributed by atoms with Crippen molar-refractivity contribution < 1.29 is 136 Å². The van der Waals surface area contributed by atoms with Crippen molar-refractivity contribution in [1.29, 1.82) is 0 Å². The van der Waals surface area contributed by atoms with Crippen molar-refractivity contribution in [2.75, 3.05) is 26.4 Å². The quantitative estimate of drug-likeness (QED) is 0.0639. The van der Waals surface area contributed by atoms with Crippen LogP contribution in [-0.4, -0.2) is 271 Å². The molecule has 5 saturated heterocycles. The zero-order valence-corrected chi connectivity index (χ0v) is 35.5. The number of ether oxygens (including phenoxy) is 9. The molecule has 378 valence electrons. The van der Waals surface area contributed by atoms with E-state index in [2.05, 4.69) is 14.8 Å². The maximum atomic E-state index is 12.4. The number of rotatable bonds is 16. The van der Waals surface area contributed by atoms with Gasteiger partial charge in [0.1, 0.15) is 116 Å². The maximum Gasteiger partial charge on any atom is 0.397 e. The highest BCUT2D eigenvalue weighted by atomic mass is 32.3. The number of aliphatic hydroxyl groups is 13. The van der Waals surface area contributed by atoms with E-state index in [0.717, 1.165) is 13.8 Å². The molecule has 0 aromatic heterocycles. The molecule has 25 atom stereocenters. The number of carbonyl (C=O) groups excluding carboxylic acids is 2. The van der Waals surface area contributed by atoms with E-state index in [0.29, 0.717) is 0 Å². The first kappa shape index (κ1) is 53.9. The molecule has 65 heavy (non-hydrogen) atoms. The number of nitrogens with one attached hydrogen (secondary N) is 2. The summed E-state index contributed by atoms with van der Waals surface area (Å²) in [4.78, 5) is 24.4.